The van der Waals surface area contributed by atoms with E-state index in [1.165, 1.54) is 15.3 Å². The van der Waals surface area contributed by atoms with Crippen LogP contribution in [0, 0.1) is 0 Å². The number of hydrogen-bond acceptors (Lipinski definition) is 5. The first-order valence-corrected chi connectivity index (χ1v) is 11.6. The van der Waals surface area contributed by atoms with Crippen molar-refractivity contribution < 1.29 is 31.1 Å². The second kappa shape index (κ2) is 8.81. The summed E-state index contributed by atoms with van der Waals surface area (Å²) in [5.41, 5.74) is 0.831. The lowest BCUT2D eigenvalue weighted by molar-refractivity contribution is -0.274. The summed E-state index contributed by atoms with van der Waals surface area (Å²) >= 11 is 6.15. The summed E-state index contributed by atoms with van der Waals surface area (Å²) < 4.78 is 67.6. The standard InChI is InChI=1S/C21H17ClF3N3O4S/c22-15-12-14-2-1-7-26-19(14)18(13-15)20(29)27-8-10-28(11-9-27)33(30,31)17-5-3-16(4-6-17)32-21(23,24)25/h1-7,12-13H,8-11H2. The highest BCUT2D eigenvalue weighted by Gasteiger charge is 2.33. The van der Waals surface area contributed by atoms with Gasteiger partial charge in [0, 0.05) is 42.8 Å². The number of pyridine rings is 1. The number of halogens is 4. The Labute approximate surface area is 192 Å². The molecule has 0 bridgehead atoms. The number of nitrogens with zero attached hydrogens (tertiary/aromatic N) is 3. The van der Waals surface area contributed by atoms with E-state index >= 15 is 0 Å². The van der Waals surface area contributed by atoms with Gasteiger partial charge in [0.25, 0.3) is 5.91 Å². The first kappa shape index (κ1) is 23.3. The average Bonchev–Trinajstić information content (AvgIpc) is 2.77. The predicted octanol–water partition coefficient (Wildman–Crippen LogP) is 3.93. The maximum absolute atomic E-state index is 13.1. The average molecular weight is 500 g/mol. The molecular formula is C21H17ClF3N3O4S. The molecular weight excluding hydrogens is 483 g/mol. The summed E-state index contributed by atoms with van der Waals surface area (Å²) in [7, 11) is -3.95. The number of carbonyl (C=O) groups is 1. The van der Waals surface area contributed by atoms with Gasteiger partial charge in [-0.25, -0.2) is 8.42 Å². The van der Waals surface area contributed by atoms with Gasteiger partial charge in [0.2, 0.25) is 10.0 Å². The van der Waals surface area contributed by atoms with Crippen molar-refractivity contribution >= 4 is 38.4 Å². The second-order valence-corrected chi connectivity index (χ2v) is 9.62. The second-order valence-electron chi connectivity index (χ2n) is 7.24. The summed E-state index contributed by atoms with van der Waals surface area (Å²) in [5.74, 6) is -0.828. The van der Waals surface area contributed by atoms with Gasteiger partial charge >= 0.3 is 6.36 Å². The normalized spacial score (nSPS) is 15.6. The summed E-state index contributed by atoms with van der Waals surface area (Å²) in [6, 6.07) is 10.8. The summed E-state index contributed by atoms with van der Waals surface area (Å²) in [6.07, 6.45) is -3.30. The molecule has 7 nitrogen and oxygen atoms in total. The van der Waals surface area contributed by atoms with Crippen LogP contribution in [-0.2, 0) is 10.0 Å². The molecule has 1 aliphatic rings. The first-order chi connectivity index (χ1) is 15.5. The van der Waals surface area contributed by atoms with Gasteiger partial charge in [0.1, 0.15) is 5.75 Å². The van der Waals surface area contributed by atoms with Gasteiger partial charge in [-0.05, 0) is 42.5 Å². The number of aromatic nitrogens is 1. The molecule has 0 aliphatic carbocycles. The van der Waals surface area contributed by atoms with E-state index in [1.54, 1.807) is 24.4 Å². The number of hydrogen-bond donors (Lipinski definition) is 0. The molecule has 1 aromatic heterocycles. The summed E-state index contributed by atoms with van der Waals surface area (Å²) in [5, 5.41) is 1.10. The van der Waals surface area contributed by atoms with Gasteiger partial charge in [0.05, 0.1) is 16.0 Å². The van der Waals surface area contributed by atoms with Crippen molar-refractivity contribution in [2.24, 2.45) is 0 Å². The van der Waals surface area contributed by atoms with Crippen LogP contribution in [0.1, 0.15) is 10.4 Å². The highest BCUT2D eigenvalue weighted by Crippen LogP contribution is 2.27. The molecule has 0 saturated carbocycles. The molecule has 1 fully saturated rings. The third kappa shape index (κ3) is 5.05. The zero-order chi connectivity index (χ0) is 23.8. The Morgan fingerprint density at radius 1 is 1.03 bits per heavy atom. The largest absolute Gasteiger partial charge is 0.573 e. The van der Waals surface area contributed by atoms with E-state index in [-0.39, 0.29) is 37.0 Å². The maximum atomic E-state index is 13.1. The van der Waals surface area contributed by atoms with Crippen LogP contribution in [0.3, 0.4) is 0 Å². The van der Waals surface area contributed by atoms with Gasteiger partial charge in [-0.1, -0.05) is 17.7 Å². The molecule has 1 amide bonds. The molecule has 0 unspecified atom stereocenters. The highest BCUT2D eigenvalue weighted by molar-refractivity contribution is 7.89. The monoisotopic (exact) mass is 499 g/mol. The smallest absolute Gasteiger partial charge is 0.406 e. The van der Waals surface area contributed by atoms with Crippen LogP contribution in [0.5, 0.6) is 5.75 Å². The van der Waals surface area contributed by atoms with E-state index in [1.807, 2.05) is 0 Å². The van der Waals surface area contributed by atoms with Crippen molar-refractivity contribution in [3.63, 3.8) is 0 Å². The molecule has 174 valence electrons. The molecule has 33 heavy (non-hydrogen) atoms. The lowest BCUT2D eigenvalue weighted by atomic mass is 10.1. The van der Waals surface area contributed by atoms with E-state index in [4.69, 9.17) is 11.6 Å². The van der Waals surface area contributed by atoms with Crippen molar-refractivity contribution in [3.05, 3.63) is 65.3 Å². The number of fused-ring (bicyclic) bond motifs is 1. The van der Waals surface area contributed by atoms with Crippen molar-refractivity contribution in [3.8, 4) is 5.75 Å². The van der Waals surface area contributed by atoms with E-state index < -0.39 is 22.1 Å². The van der Waals surface area contributed by atoms with Gasteiger partial charge in [-0.3, -0.25) is 9.78 Å². The Bertz CT molecular complexity index is 1290. The van der Waals surface area contributed by atoms with Crippen molar-refractivity contribution in [1.82, 2.24) is 14.2 Å². The SMILES string of the molecule is O=C(c1cc(Cl)cc2cccnc12)N1CCN(S(=O)(=O)c2ccc(OC(F)(F)F)cc2)CC1. The van der Waals surface area contributed by atoms with Crippen LogP contribution in [-0.4, -0.2) is 61.1 Å². The van der Waals surface area contributed by atoms with Gasteiger partial charge in [-0.2, -0.15) is 4.31 Å². The molecule has 2 aromatic carbocycles. The first-order valence-electron chi connectivity index (χ1n) is 9.74. The fraction of sp³-hybridized carbons (Fsp3) is 0.238. The molecule has 0 spiro atoms. The molecule has 12 heteroatoms. The lowest BCUT2D eigenvalue weighted by Crippen LogP contribution is -2.50. The zero-order valence-electron chi connectivity index (χ0n) is 16.9. The van der Waals surface area contributed by atoms with Crippen LogP contribution < -0.4 is 4.74 Å². The number of sulfonamides is 1. The van der Waals surface area contributed by atoms with Crippen LogP contribution >= 0.6 is 11.6 Å². The minimum Gasteiger partial charge on any atom is -0.406 e. The van der Waals surface area contributed by atoms with Crippen molar-refractivity contribution in [1.29, 1.82) is 0 Å². The molecule has 4 rings (SSSR count). The predicted molar refractivity (Wildman–Crippen MR) is 115 cm³/mol. The summed E-state index contributed by atoms with van der Waals surface area (Å²) in [4.78, 5) is 18.7. The minimum absolute atomic E-state index is 0.0286. The van der Waals surface area contributed by atoms with E-state index in [9.17, 15) is 26.4 Å². The van der Waals surface area contributed by atoms with E-state index in [0.29, 0.717) is 21.5 Å². The summed E-state index contributed by atoms with van der Waals surface area (Å²) in [6.45, 7) is 0.323. The fourth-order valence-electron chi connectivity index (χ4n) is 3.58. The minimum atomic E-state index is -4.87. The Balaban J connectivity index is 1.47. The van der Waals surface area contributed by atoms with Crippen molar-refractivity contribution in [2.45, 2.75) is 11.3 Å². The lowest BCUT2D eigenvalue weighted by Gasteiger charge is -2.34. The molecule has 0 N–H and O–H groups in total. The third-order valence-electron chi connectivity index (χ3n) is 5.12. The molecule has 1 aliphatic heterocycles. The van der Waals surface area contributed by atoms with Crippen molar-refractivity contribution in [2.75, 3.05) is 26.2 Å². The number of amides is 1. The van der Waals surface area contributed by atoms with Crippen LogP contribution in [0.4, 0.5) is 13.2 Å². The number of benzene rings is 2. The molecule has 2 heterocycles. The number of piperazine rings is 1. The zero-order valence-corrected chi connectivity index (χ0v) is 18.5. The number of ether oxygens (including phenoxy) is 1. The molecule has 0 atom stereocenters. The number of rotatable bonds is 4. The van der Waals surface area contributed by atoms with E-state index in [0.717, 1.165) is 24.3 Å². The van der Waals surface area contributed by atoms with Crippen LogP contribution in [0.15, 0.2) is 59.6 Å². The highest BCUT2D eigenvalue weighted by atomic mass is 35.5. The van der Waals surface area contributed by atoms with Crippen LogP contribution in [0.25, 0.3) is 10.9 Å². The van der Waals surface area contributed by atoms with Gasteiger partial charge < -0.3 is 9.64 Å². The maximum Gasteiger partial charge on any atom is 0.573 e. The Hall–Kier alpha value is -2.89. The molecule has 1 saturated heterocycles. The number of carbonyl (C=O) groups excluding carboxylic acids is 1. The Kier molecular flexibility index (Phi) is 6.21. The quantitative estimate of drug-likeness (QED) is 0.543. The Morgan fingerprint density at radius 3 is 2.33 bits per heavy atom. The number of alkyl halides is 3. The third-order valence-corrected chi connectivity index (χ3v) is 7.25. The fourth-order valence-corrected chi connectivity index (χ4v) is 5.23. The molecule has 3 aromatic rings. The Morgan fingerprint density at radius 2 is 1.70 bits per heavy atom. The topological polar surface area (TPSA) is 79.8 Å². The molecule has 0 radical (unpaired) electrons. The van der Waals surface area contributed by atoms with Gasteiger partial charge in [-0.15, -0.1) is 13.2 Å². The van der Waals surface area contributed by atoms with Gasteiger partial charge in [0.15, 0.2) is 0 Å². The van der Waals surface area contributed by atoms with Crippen LogP contribution in [0.2, 0.25) is 5.02 Å². The van der Waals surface area contributed by atoms with E-state index in [2.05, 4.69) is 9.72 Å².